The van der Waals surface area contributed by atoms with Crippen LogP contribution in [0.15, 0.2) is 243 Å². The fourth-order valence-corrected chi connectivity index (χ4v) is 12.5. The van der Waals surface area contributed by atoms with Crippen LogP contribution in [0.2, 0.25) is 10.0 Å². The van der Waals surface area contributed by atoms with E-state index in [-0.39, 0.29) is 0 Å². The fraction of sp³-hybridized carbons (Fsp3) is 0.0959. The minimum atomic E-state index is 0.439. The van der Waals surface area contributed by atoms with Crippen LogP contribution < -0.4 is 9.80 Å². The minimum Gasteiger partial charge on any atom is -0.353 e. The molecule has 1 N–H and O–H groups in total. The van der Waals surface area contributed by atoms with Gasteiger partial charge in [-0.05, 0) is 147 Å². The molecule has 0 fully saturated rings. The Morgan fingerprint density at radius 1 is 0.346 bits per heavy atom. The van der Waals surface area contributed by atoms with Crippen LogP contribution >= 0.6 is 23.2 Å². The van der Waals surface area contributed by atoms with Gasteiger partial charge in [0.1, 0.15) is 0 Å². The number of fused-ring (bicyclic) bond motifs is 6. The molecule has 0 spiro atoms. The summed E-state index contributed by atoms with van der Waals surface area (Å²) in [6.45, 7) is 8.92. The highest BCUT2D eigenvalue weighted by Crippen LogP contribution is 2.56. The molecule has 1 heterocycles. The quantitative estimate of drug-likeness (QED) is 0.132. The van der Waals surface area contributed by atoms with Crippen LogP contribution in [0.4, 0.5) is 34.1 Å². The topological polar surface area (TPSA) is 22.3 Å². The number of nitrogens with zero attached hydrogens (tertiary/aromatic N) is 2. The normalized spacial score (nSPS) is 11.9. The van der Waals surface area contributed by atoms with Crippen molar-refractivity contribution < 1.29 is 0 Å². The van der Waals surface area contributed by atoms with E-state index in [1.807, 2.05) is 0 Å². The number of nitrogens with one attached hydrogen (secondary N) is 1. The first kappa shape index (κ1) is 49.0. The maximum absolute atomic E-state index is 7.58. The molecule has 0 saturated heterocycles. The first-order valence-electron chi connectivity index (χ1n) is 27.1. The van der Waals surface area contributed by atoms with Crippen LogP contribution in [0.5, 0.6) is 0 Å². The van der Waals surface area contributed by atoms with Gasteiger partial charge < -0.3 is 14.8 Å². The molecule has 11 aromatic carbocycles. The van der Waals surface area contributed by atoms with Crippen molar-refractivity contribution in [1.29, 1.82) is 0 Å². The zero-order chi connectivity index (χ0) is 53.0. The number of hydrogen-bond donors (Lipinski definition) is 1. The molecule has 0 unspecified atom stereocenters. The van der Waals surface area contributed by atoms with Gasteiger partial charge in [0.25, 0.3) is 0 Å². The van der Waals surface area contributed by atoms with E-state index in [0.717, 1.165) is 84.8 Å². The zero-order valence-corrected chi connectivity index (χ0v) is 45.6. The van der Waals surface area contributed by atoms with Gasteiger partial charge in [-0.3, -0.25) is 0 Å². The Morgan fingerprint density at radius 2 is 0.769 bits per heavy atom. The average Bonchev–Trinajstić information content (AvgIpc) is 4.15. The molecule has 12 aromatic rings. The summed E-state index contributed by atoms with van der Waals surface area (Å²) in [5.41, 5.74) is 25.0. The predicted octanol–water partition coefficient (Wildman–Crippen LogP) is 22.1. The molecule has 5 heteroatoms. The number of benzene rings is 11. The standard InChI is InChI=1S/C73H57Cl2N3/c1-46(2)48-31-35-54(36-32-48)77(52-23-13-7-14-24-52)56-39-41-59(66(74)43-56)58-27-17-28-61-64(58)45-65-68(50-19-9-5-10-20-50)71-63-30-18-29-62(72(63)76-73(71)69(70(61)65)51-21-11-6-12-22-51)60-42-40-57(44-67(60)75)78(53-25-15-8-16-26-53)55-37-33-49(34-38-55)47(3)4/h5-44,46-47,76H,45H2,1-4H3. The average molecular weight is 1050 g/mol. The lowest BCUT2D eigenvalue weighted by Crippen LogP contribution is -2.10. The molecule has 0 bridgehead atoms. The molecule has 0 radical (unpaired) electrons. The number of aromatic amines is 1. The number of H-pyrrole nitrogens is 1. The Kier molecular flexibility index (Phi) is 12.8. The molecular weight excluding hydrogens is 990 g/mol. The number of aromatic nitrogens is 1. The Bertz CT molecular complexity index is 4170. The molecule has 3 nitrogen and oxygen atoms in total. The molecule has 1 aliphatic carbocycles. The fourth-order valence-electron chi connectivity index (χ4n) is 12.0. The maximum Gasteiger partial charge on any atom is 0.0557 e. The maximum atomic E-state index is 7.58. The summed E-state index contributed by atoms with van der Waals surface area (Å²) >= 11 is 15.1. The molecule has 0 amide bonds. The molecule has 0 atom stereocenters. The van der Waals surface area contributed by atoms with Crippen molar-refractivity contribution in [1.82, 2.24) is 4.98 Å². The second-order valence-corrected chi connectivity index (χ2v) is 21.9. The lowest BCUT2D eigenvalue weighted by molar-refractivity contribution is 0.866. The molecule has 1 aromatic heterocycles. The van der Waals surface area contributed by atoms with Crippen molar-refractivity contribution in [2.24, 2.45) is 0 Å². The van der Waals surface area contributed by atoms with E-state index in [0.29, 0.717) is 21.9 Å². The van der Waals surface area contributed by atoms with Crippen LogP contribution in [0.25, 0.3) is 77.4 Å². The van der Waals surface area contributed by atoms with Crippen LogP contribution in [0.3, 0.4) is 0 Å². The van der Waals surface area contributed by atoms with Gasteiger partial charge in [-0.15, -0.1) is 0 Å². The van der Waals surface area contributed by atoms with E-state index in [1.54, 1.807) is 0 Å². The van der Waals surface area contributed by atoms with E-state index in [1.165, 1.54) is 55.5 Å². The van der Waals surface area contributed by atoms with Gasteiger partial charge in [-0.2, -0.15) is 0 Å². The molecule has 0 aliphatic heterocycles. The molecule has 0 saturated carbocycles. The molecule has 78 heavy (non-hydrogen) atoms. The highest BCUT2D eigenvalue weighted by molar-refractivity contribution is 6.35. The molecule has 378 valence electrons. The monoisotopic (exact) mass is 1050 g/mol. The molecule has 13 rings (SSSR count). The second-order valence-electron chi connectivity index (χ2n) is 21.1. The summed E-state index contributed by atoms with van der Waals surface area (Å²) in [6.07, 6.45) is 0.731. The minimum absolute atomic E-state index is 0.439. The highest BCUT2D eigenvalue weighted by Gasteiger charge is 2.33. The number of rotatable bonds is 12. The van der Waals surface area contributed by atoms with E-state index in [2.05, 4.69) is 285 Å². The Labute approximate surface area is 467 Å². The summed E-state index contributed by atoms with van der Waals surface area (Å²) in [7, 11) is 0. The highest BCUT2D eigenvalue weighted by atomic mass is 35.5. The van der Waals surface area contributed by atoms with Crippen LogP contribution in [-0.2, 0) is 6.42 Å². The van der Waals surface area contributed by atoms with Gasteiger partial charge >= 0.3 is 0 Å². The Morgan fingerprint density at radius 3 is 1.27 bits per heavy atom. The van der Waals surface area contributed by atoms with Gasteiger partial charge in [-0.25, -0.2) is 0 Å². The van der Waals surface area contributed by atoms with Gasteiger partial charge in [0, 0.05) is 67.2 Å². The SMILES string of the molecule is CC(C)c1ccc(N(c2ccccc2)c2ccc(-c3cccc4c3Cc3c-4c(-c4ccccc4)c4[nH]c5c(-c6ccc(N(c7ccccc7)c7ccc(C(C)C)cc7)cc6Cl)cccc5c4c3-c3ccccc3)c(Cl)c2)cc1. The van der Waals surface area contributed by atoms with Crippen LogP contribution in [0.1, 0.15) is 61.8 Å². The van der Waals surface area contributed by atoms with Crippen LogP contribution in [0, 0.1) is 0 Å². The van der Waals surface area contributed by atoms with Gasteiger partial charge in [0.05, 0.1) is 21.1 Å². The number of anilines is 6. The predicted molar refractivity (Wildman–Crippen MR) is 333 cm³/mol. The van der Waals surface area contributed by atoms with E-state index >= 15 is 0 Å². The summed E-state index contributed by atoms with van der Waals surface area (Å²) in [5, 5.41) is 3.72. The van der Waals surface area contributed by atoms with Gasteiger partial charge in [0.15, 0.2) is 0 Å². The van der Waals surface area contributed by atoms with Crippen molar-refractivity contribution in [3.8, 4) is 55.6 Å². The molecule has 1 aliphatic rings. The molecular formula is C73H57Cl2N3. The first-order valence-corrected chi connectivity index (χ1v) is 27.8. The third kappa shape index (κ3) is 8.65. The Hall–Kier alpha value is -8.60. The van der Waals surface area contributed by atoms with Crippen LogP contribution in [-0.4, -0.2) is 4.98 Å². The first-order chi connectivity index (χ1) is 38.2. The largest absolute Gasteiger partial charge is 0.353 e. The lowest BCUT2D eigenvalue weighted by atomic mass is 9.85. The second kappa shape index (κ2) is 20.4. The number of para-hydroxylation sites is 3. The van der Waals surface area contributed by atoms with Crippen molar-refractivity contribution >= 4 is 79.1 Å². The van der Waals surface area contributed by atoms with Crippen molar-refractivity contribution in [3.05, 3.63) is 275 Å². The van der Waals surface area contributed by atoms with E-state index in [4.69, 9.17) is 23.2 Å². The van der Waals surface area contributed by atoms with E-state index < -0.39 is 0 Å². The summed E-state index contributed by atoms with van der Waals surface area (Å²) < 4.78 is 0. The number of hydrogen-bond acceptors (Lipinski definition) is 2. The van der Waals surface area contributed by atoms with Crippen molar-refractivity contribution in [3.63, 3.8) is 0 Å². The zero-order valence-electron chi connectivity index (χ0n) is 44.1. The summed E-state index contributed by atoms with van der Waals surface area (Å²) in [4.78, 5) is 8.70. The van der Waals surface area contributed by atoms with Crippen molar-refractivity contribution in [2.45, 2.75) is 46.0 Å². The third-order valence-corrected chi connectivity index (χ3v) is 16.4. The Balaban J connectivity index is 0.975. The van der Waals surface area contributed by atoms with Crippen molar-refractivity contribution in [2.75, 3.05) is 9.80 Å². The summed E-state index contributed by atoms with van der Waals surface area (Å²) in [6, 6.07) is 87.2. The van der Waals surface area contributed by atoms with Gasteiger partial charge in [0.2, 0.25) is 0 Å². The lowest BCUT2D eigenvalue weighted by Gasteiger charge is -2.26. The number of halogens is 2. The van der Waals surface area contributed by atoms with E-state index in [9.17, 15) is 0 Å². The summed E-state index contributed by atoms with van der Waals surface area (Å²) in [5.74, 6) is 0.880. The smallest absolute Gasteiger partial charge is 0.0557 e. The van der Waals surface area contributed by atoms with Gasteiger partial charge in [-0.1, -0.05) is 221 Å². The third-order valence-electron chi connectivity index (χ3n) is 15.8.